The molecule has 1 atom stereocenters. The number of carbonyl (C=O) groups is 1. The monoisotopic (exact) mass is 306 g/mol. The van der Waals surface area contributed by atoms with E-state index < -0.39 is 16.6 Å². The minimum atomic E-state index is -1.69. The molecule has 0 bridgehead atoms. The van der Waals surface area contributed by atoms with E-state index in [1.54, 1.807) is 30.3 Å². The van der Waals surface area contributed by atoms with Gasteiger partial charge in [0.15, 0.2) is 5.78 Å². The van der Waals surface area contributed by atoms with Crippen molar-refractivity contribution in [3.8, 4) is 5.75 Å². The van der Waals surface area contributed by atoms with Crippen LogP contribution in [0.25, 0.3) is 0 Å². The number of benzene rings is 2. The first-order valence-corrected chi connectivity index (χ1v) is 7.82. The summed E-state index contributed by atoms with van der Waals surface area (Å²) in [4.78, 5) is 12.1. The van der Waals surface area contributed by atoms with Crippen LogP contribution >= 0.6 is 0 Å². The number of hydrogen-bond acceptors (Lipinski definition) is 3. The molecule has 0 heterocycles. The number of halogens is 1. The van der Waals surface area contributed by atoms with E-state index in [9.17, 15) is 13.4 Å². The van der Waals surface area contributed by atoms with Gasteiger partial charge < -0.3 is 4.74 Å². The van der Waals surface area contributed by atoms with E-state index in [0.29, 0.717) is 17.9 Å². The molecule has 0 radical (unpaired) electrons. The van der Waals surface area contributed by atoms with Crippen LogP contribution in [0.2, 0.25) is 0 Å². The number of carbonyl (C=O) groups excluding carboxylic acids is 1. The minimum Gasteiger partial charge on any atom is -0.494 e. The Balaban J connectivity index is 2.07. The largest absolute Gasteiger partial charge is 0.494 e. The normalized spacial score (nSPS) is 11.9. The molecule has 0 aliphatic rings. The lowest BCUT2D eigenvalue weighted by Gasteiger charge is -2.05. The van der Waals surface area contributed by atoms with E-state index in [4.69, 9.17) is 4.74 Å². The summed E-state index contributed by atoms with van der Waals surface area (Å²) in [5.74, 6) is -0.422. The van der Waals surface area contributed by atoms with Gasteiger partial charge in [-0.3, -0.25) is 9.00 Å². The maximum absolute atomic E-state index is 13.5. The van der Waals surface area contributed by atoms with Gasteiger partial charge in [-0.25, -0.2) is 4.39 Å². The van der Waals surface area contributed by atoms with E-state index in [1.807, 2.05) is 6.92 Å². The van der Waals surface area contributed by atoms with E-state index in [0.717, 1.165) is 0 Å². The van der Waals surface area contributed by atoms with Crippen molar-refractivity contribution >= 4 is 16.6 Å². The summed E-state index contributed by atoms with van der Waals surface area (Å²) >= 11 is 0. The molecule has 5 heteroatoms. The molecule has 0 aromatic heterocycles. The first kappa shape index (κ1) is 15.4. The van der Waals surface area contributed by atoms with Crippen LogP contribution in [0.15, 0.2) is 53.4 Å². The zero-order valence-corrected chi connectivity index (χ0v) is 12.4. The summed E-state index contributed by atoms with van der Waals surface area (Å²) < 4.78 is 30.8. The van der Waals surface area contributed by atoms with E-state index in [-0.39, 0.29) is 16.4 Å². The predicted molar refractivity (Wildman–Crippen MR) is 79.6 cm³/mol. The lowest BCUT2D eigenvalue weighted by molar-refractivity contribution is 0.102. The van der Waals surface area contributed by atoms with Crippen LogP contribution in [0.1, 0.15) is 17.3 Å². The summed E-state index contributed by atoms with van der Waals surface area (Å²) in [5.41, 5.74) is 0.433. The quantitative estimate of drug-likeness (QED) is 0.770. The Hall–Kier alpha value is -2.01. The molecule has 0 amide bonds. The number of Topliss-reactive ketones (excluding diaryl/α,β-unsaturated/α-hetero) is 1. The Morgan fingerprint density at radius 3 is 2.43 bits per heavy atom. The summed E-state index contributed by atoms with van der Waals surface area (Å²) in [6.07, 6.45) is 0. The van der Waals surface area contributed by atoms with Crippen LogP contribution in [0.5, 0.6) is 5.75 Å². The van der Waals surface area contributed by atoms with Crippen molar-refractivity contribution in [2.45, 2.75) is 11.8 Å². The van der Waals surface area contributed by atoms with E-state index in [2.05, 4.69) is 0 Å². The highest BCUT2D eigenvalue weighted by Gasteiger charge is 2.15. The first-order chi connectivity index (χ1) is 10.1. The maximum atomic E-state index is 13.5. The fourth-order valence-electron chi connectivity index (χ4n) is 1.81. The molecule has 2 aromatic rings. The molecule has 0 fully saturated rings. The Morgan fingerprint density at radius 2 is 1.81 bits per heavy atom. The maximum Gasteiger partial charge on any atom is 0.175 e. The molecule has 2 rings (SSSR count). The molecule has 3 nitrogen and oxygen atoms in total. The molecule has 0 N–H and O–H groups in total. The van der Waals surface area contributed by atoms with Gasteiger partial charge in [-0.05, 0) is 43.3 Å². The van der Waals surface area contributed by atoms with Gasteiger partial charge in [-0.2, -0.15) is 0 Å². The Kier molecular flexibility index (Phi) is 5.22. The molecule has 21 heavy (non-hydrogen) atoms. The van der Waals surface area contributed by atoms with Gasteiger partial charge in [0.25, 0.3) is 0 Å². The fourth-order valence-corrected chi connectivity index (χ4v) is 2.89. The van der Waals surface area contributed by atoms with Gasteiger partial charge in [0.05, 0.1) is 28.1 Å². The number of ether oxygens (including phenoxy) is 1. The lowest BCUT2D eigenvalue weighted by atomic mass is 10.1. The second-order valence-electron chi connectivity index (χ2n) is 4.30. The Bertz CT molecular complexity index is 653. The molecule has 0 aliphatic carbocycles. The van der Waals surface area contributed by atoms with Gasteiger partial charge in [-0.1, -0.05) is 12.1 Å². The van der Waals surface area contributed by atoms with Crippen molar-refractivity contribution < 1.29 is 18.1 Å². The number of rotatable bonds is 6. The summed E-state index contributed by atoms with van der Waals surface area (Å²) in [5, 5.41) is 0. The Labute approximate surface area is 125 Å². The van der Waals surface area contributed by atoms with Gasteiger partial charge in [0.1, 0.15) is 11.6 Å². The van der Waals surface area contributed by atoms with Gasteiger partial charge in [0, 0.05) is 5.56 Å². The van der Waals surface area contributed by atoms with E-state index in [1.165, 1.54) is 18.2 Å². The van der Waals surface area contributed by atoms with Crippen LogP contribution in [0.4, 0.5) is 4.39 Å². The lowest BCUT2D eigenvalue weighted by Crippen LogP contribution is -2.12. The molecule has 2 aromatic carbocycles. The molecule has 0 aliphatic heterocycles. The zero-order chi connectivity index (χ0) is 15.2. The topological polar surface area (TPSA) is 43.4 Å². The van der Waals surface area contributed by atoms with Gasteiger partial charge >= 0.3 is 0 Å². The smallest absolute Gasteiger partial charge is 0.175 e. The summed E-state index contributed by atoms with van der Waals surface area (Å²) in [6, 6.07) is 12.4. The third-order valence-electron chi connectivity index (χ3n) is 2.83. The van der Waals surface area contributed by atoms with Crippen molar-refractivity contribution in [2.75, 3.05) is 12.4 Å². The fraction of sp³-hybridized carbons (Fsp3) is 0.188. The molecular weight excluding hydrogens is 291 g/mol. The van der Waals surface area contributed by atoms with Crippen molar-refractivity contribution in [2.24, 2.45) is 0 Å². The highest BCUT2D eigenvalue weighted by molar-refractivity contribution is 7.85. The highest BCUT2D eigenvalue weighted by atomic mass is 32.2. The summed E-state index contributed by atoms with van der Waals surface area (Å²) in [7, 11) is -1.69. The average molecular weight is 306 g/mol. The minimum absolute atomic E-state index is 0.0526. The van der Waals surface area contributed by atoms with Crippen LogP contribution in [0, 0.1) is 5.82 Å². The van der Waals surface area contributed by atoms with Crippen molar-refractivity contribution in [3.05, 3.63) is 59.9 Å². The van der Waals surface area contributed by atoms with Gasteiger partial charge in [0.2, 0.25) is 0 Å². The average Bonchev–Trinajstić information content (AvgIpc) is 2.48. The number of ketones is 1. The summed E-state index contributed by atoms with van der Waals surface area (Å²) in [6.45, 7) is 2.42. The second-order valence-corrected chi connectivity index (χ2v) is 5.72. The third kappa shape index (κ3) is 3.98. The second kappa shape index (κ2) is 7.13. The standard InChI is InChI=1S/C16H15FO3S/c1-2-20-13-9-7-12(8-10-13)15(18)11-21(19)16-6-4-3-5-14(16)17/h3-10H,2,11H2,1H3. The molecule has 110 valence electrons. The van der Waals surface area contributed by atoms with Crippen molar-refractivity contribution in [1.82, 2.24) is 0 Å². The molecule has 0 spiro atoms. The van der Waals surface area contributed by atoms with Crippen LogP contribution in [0.3, 0.4) is 0 Å². The van der Waals surface area contributed by atoms with Crippen LogP contribution in [-0.4, -0.2) is 22.4 Å². The van der Waals surface area contributed by atoms with Crippen LogP contribution in [-0.2, 0) is 10.8 Å². The predicted octanol–water partition coefficient (Wildman–Crippen LogP) is 3.21. The molecular formula is C16H15FO3S. The van der Waals surface area contributed by atoms with Crippen LogP contribution < -0.4 is 4.74 Å². The van der Waals surface area contributed by atoms with Crippen molar-refractivity contribution in [1.29, 1.82) is 0 Å². The van der Waals surface area contributed by atoms with E-state index >= 15 is 0 Å². The highest BCUT2D eigenvalue weighted by Crippen LogP contribution is 2.15. The zero-order valence-electron chi connectivity index (χ0n) is 11.5. The first-order valence-electron chi connectivity index (χ1n) is 6.50. The third-order valence-corrected chi connectivity index (χ3v) is 4.18. The molecule has 0 saturated carbocycles. The molecule has 1 unspecified atom stereocenters. The number of hydrogen-bond donors (Lipinski definition) is 0. The van der Waals surface area contributed by atoms with Crippen molar-refractivity contribution in [3.63, 3.8) is 0 Å². The molecule has 0 saturated heterocycles. The Morgan fingerprint density at radius 1 is 1.14 bits per heavy atom. The SMILES string of the molecule is CCOc1ccc(C(=O)CS(=O)c2ccccc2F)cc1. The van der Waals surface area contributed by atoms with Gasteiger partial charge in [-0.15, -0.1) is 0 Å².